The minimum Gasteiger partial charge on any atom is -0.484 e. The van der Waals surface area contributed by atoms with E-state index in [-0.39, 0.29) is 12.5 Å². The monoisotopic (exact) mass is 333 g/mol. The Kier molecular flexibility index (Phi) is 4.79. The van der Waals surface area contributed by atoms with Crippen molar-refractivity contribution in [3.8, 4) is 5.75 Å². The predicted octanol–water partition coefficient (Wildman–Crippen LogP) is 4.08. The largest absolute Gasteiger partial charge is 0.484 e. The number of amides is 1. The van der Waals surface area contributed by atoms with Gasteiger partial charge in [0.2, 0.25) is 0 Å². The molecule has 4 heteroatoms. The van der Waals surface area contributed by atoms with Crippen molar-refractivity contribution in [3.63, 3.8) is 0 Å². The lowest BCUT2D eigenvalue weighted by atomic mass is 10.1. The molecule has 104 valence electrons. The van der Waals surface area contributed by atoms with Gasteiger partial charge in [-0.05, 0) is 55.3 Å². The van der Waals surface area contributed by atoms with Gasteiger partial charge < -0.3 is 10.1 Å². The van der Waals surface area contributed by atoms with Crippen LogP contribution in [0.25, 0.3) is 0 Å². The van der Waals surface area contributed by atoms with Crippen molar-refractivity contribution in [1.82, 2.24) is 0 Å². The van der Waals surface area contributed by atoms with E-state index in [4.69, 9.17) is 4.74 Å². The topological polar surface area (TPSA) is 38.3 Å². The van der Waals surface area contributed by atoms with E-state index < -0.39 is 0 Å². The Hall–Kier alpha value is -1.81. The Morgan fingerprint density at radius 2 is 1.85 bits per heavy atom. The van der Waals surface area contributed by atoms with E-state index in [1.165, 1.54) is 0 Å². The summed E-state index contributed by atoms with van der Waals surface area (Å²) in [6, 6.07) is 13.3. The molecule has 0 radical (unpaired) electrons. The number of benzene rings is 2. The van der Waals surface area contributed by atoms with Crippen LogP contribution in [0.4, 0.5) is 5.69 Å². The molecule has 2 rings (SSSR count). The molecule has 2 aromatic carbocycles. The van der Waals surface area contributed by atoms with Crippen molar-refractivity contribution < 1.29 is 9.53 Å². The number of halogens is 1. The lowest BCUT2D eigenvalue weighted by Gasteiger charge is -2.09. The summed E-state index contributed by atoms with van der Waals surface area (Å²) in [5.74, 6) is 0.491. The molecule has 0 unspecified atom stereocenters. The molecule has 1 N–H and O–H groups in total. The van der Waals surface area contributed by atoms with Crippen molar-refractivity contribution in [1.29, 1.82) is 0 Å². The van der Waals surface area contributed by atoms with Crippen molar-refractivity contribution in [2.24, 2.45) is 0 Å². The SMILES string of the molecule is Cc1cc(C)cc(NC(=O)COc2cccc(Br)c2)c1. The second-order valence-electron chi connectivity index (χ2n) is 4.67. The Balaban J connectivity index is 1.92. The van der Waals surface area contributed by atoms with Gasteiger partial charge in [-0.1, -0.05) is 28.1 Å². The van der Waals surface area contributed by atoms with E-state index >= 15 is 0 Å². The molecule has 0 aliphatic carbocycles. The lowest BCUT2D eigenvalue weighted by Crippen LogP contribution is -2.20. The van der Waals surface area contributed by atoms with Gasteiger partial charge in [0.25, 0.3) is 5.91 Å². The average molecular weight is 334 g/mol. The van der Waals surface area contributed by atoms with Crippen LogP contribution in [-0.2, 0) is 4.79 Å². The molecule has 3 nitrogen and oxygen atoms in total. The van der Waals surface area contributed by atoms with Gasteiger partial charge in [-0.15, -0.1) is 0 Å². The number of nitrogens with one attached hydrogen (secondary N) is 1. The summed E-state index contributed by atoms with van der Waals surface area (Å²) in [4.78, 5) is 11.8. The van der Waals surface area contributed by atoms with Gasteiger partial charge in [0.15, 0.2) is 6.61 Å². The smallest absolute Gasteiger partial charge is 0.262 e. The van der Waals surface area contributed by atoms with Crippen LogP contribution < -0.4 is 10.1 Å². The van der Waals surface area contributed by atoms with Gasteiger partial charge in [0.1, 0.15) is 5.75 Å². The molecule has 2 aromatic rings. The Bertz CT molecular complexity index is 605. The molecule has 0 fully saturated rings. The number of rotatable bonds is 4. The summed E-state index contributed by atoms with van der Waals surface area (Å²) in [5, 5.41) is 2.83. The zero-order chi connectivity index (χ0) is 14.5. The fraction of sp³-hybridized carbons (Fsp3) is 0.188. The third-order valence-electron chi connectivity index (χ3n) is 2.67. The summed E-state index contributed by atoms with van der Waals surface area (Å²) in [7, 11) is 0. The molecule has 0 aliphatic heterocycles. The molecule has 0 aromatic heterocycles. The highest BCUT2D eigenvalue weighted by atomic mass is 79.9. The van der Waals surface area contributed by atoms with Gasteiger partial charge >= 0.3 is 0 Å². The number of hydrogen-bond acceptors (Lipinski definition) is 2. The fourth-order valence-electron chi connectivity index (χ4n) is 1.95. The van der Waals surface area contributed by atoms with Crippen LogP contribution in [0, 0.1) is 13.8 Å². The minimum atomic E-state index is -0.171. The molecule has 0 atom stereocenters. The Morgan fingerprint density at radius 1 is 1.15 bits per heavy atom. The standard InChI is InChI=1S/C16H16BrNO2/c1-11-6-12(2)8-14(7-11)18-16(19)10-20-15-5-3-4-13(17)9-15/h3-9H,10H2,1-2H3,(H,18,19). The van der Waals surface area contributed by atoms with Crippen LogP contribution in [0.1, 0.15) is 11.1 Å². The molecule has 0 aliphatic rings. The molecule has 0 saturated heterocycles. The van der Waals surface area contributed by atoms with Crippen molar-refractivity contribution >= 4 is 27.5 Å². The van der Waals surface area contributed by atoms with Gasteiger partial charge in [-0.25, -0.2) is 0 Å². The van der Waals surface area contributed by atoms with Crippen LogP contribution in [-0.4, -0.2) is 12.5 Å². The van der Waals surface area contributed by atoms with E-state index in [2.05, 4.69) is 27.3 Å². The predicted molar refractivity (Wildman–Crippen MR) is 84.2 cm³/mol. The quantitative estimate of drug-likeness (QED) is 0.915. The highest BCUT2D eigenvalue weighted by Gasteiger charge is 2.05. The normalized spacial score (nSPS) is 10.2. The first-order valence-electron chi connectivity index (χ1n) is 6.29. The molecule has 20 heavy (non-hydrogen) atoms. The third kappa shape index (κ3) is 4.38. The summed E-state index contributed by atoms with van der Waals surface area (Å²) >= 11 is 3.36. The first-order chi connectivity index (χ1) is 9.52. The van der Waals surface area contributed by atoms with E-state index in [0.717, 1.165) is 21.3 Å². The van der Waals surface area contributed by atoms with Crippen LogP contribution in [0.15, 0.2) is 46.9 Å². The van der Waals surface area contributed by atoms with Gasteiger partial charge in [0.05, 0.1) is 0 Å². The minimum absolute atomic E-state index is 0.0105. The van der Waals surface area contributed by atoms with E-state index in [1.54, 1.807) is 0 Å². The lowest BCUT2D eigenvalue weighted by molar-refractivity contribution is -0.118. The molecular weight excluding hydrogens is 318 g/mol. The van der Waals surface area contributed by atoms with Crippen LogP contribution >= 0.6 is 15.9 Å². The van der Waals surface area contributed by atoms with Crippen molar-refractivity contribution in [2.75, 3.05) is 11.9 Å². The maximum Gasteiger partial charge on any atom is 0.262 e. The third-order valence-corrected chi connectivity index (χ3v) is 3.16. The van der Waals surface area contributed by atoms with E-state index in [0.29, 0.717) is 5.75 Å². The zero-order valence-corrected chi connectivity index (χ0v) is 13.0. The van der Waals surface area contributed by atoms with Crippen LogP contribution in [0.3, 0.4) is 0 Å². The number of ether oxygens (including phenoxy) is 1. The summed E-state index contributed by atoms with van der Waals surface area (Å²) < 4.78 is 6.36. The van der Waals surface area contributed by atoms with Crippen molar-refractivity contribution in [2.45, 2.75) is 13.8 Å². The molecule has 1 amide bonds. The molecule has 0 spiro atoms. The zero-order valence-electron chi connectivity index (χ0n) is 11.4. The number of anilines is 1. The Morgan fingerprint density at radius 3 is 2.50 bits per heavy atom. The molecule has 0 heterocycles. The van der Waals surface area contributed by atoms with Gasteiger partial charge in [0, 0.05) is 10.2 Å². The maximum atomic E-state index is 11.8. The number of carbonyl (C=O) groups excluding carboxylic acids is 1. The molecular formula is C16H16BrNO2. The second-order valence-corrected chi connectivity index (χ2v) is 5.59. The first-order valence-corrected chi connectivity index (χ1v) is 7.09. The van der Waals surface area contributed by atoms with Gasteiger partial charge in [-0.2, -0.15) is 0 Å². The summed E-state index contributed by atoms with van der Waals surface area (Å²) in [5.41, 5.74) is 3.03. The fourth-order valence-corrected chi connectivity index (χ4v) is 2.33. The number of hydrogen-bond donors (Lipinski definition) is 1. The van der Waals surface area contributed by atoms with Crippen molar-refractivity contribution in [3.05, 3.63) is 58.1 Å². The maximum absolute atomic E-state index is 11.8. The highest BCUT2D eigenvalue weighted by Crippen LogP contribution is 2.18. The number of carbonyl (C=O) groups is 1. The van der Waals surface area contributed by atoms with E-state index in [9.17, 15) is 4.79 Å². The number of aryl methyl sites for hydroxylation is 2. The van der Waals surface area contributed by atoms with Crippen LogP contribution in [0.5, 0.6) is 5.75 Å². The van der Waals surface area contributed by atoms with Crippen LogP contribution in [0.2, 0.25) is 0 Å². The molecule has 0 bridgehead atoms. The van der Waals surface area contributed by atoms with Gasteiger partial charge in [-0.3, -0.25) is 4.79 Å². The highest BCUT2D eigenvalue weighted by molar-refractivity contribution is 9.10. The second kappa shape index (κ2) is 6.57. The Labute approximate surface area is 127 Å². The van der Waals surface area contributed by atoms with E-state index in [1.807, 2.05) is 50.2 Å². The first kappa shape index (κ1) is 14.6. The average Bonchev–Trinajstić information content (AvgIpc) is 2.35. The summed E-state index contributed by atoms with van der Waals surface area (Å²) in [6.45, 7) is 3.99. The summed E-state index contributed by atoms with van der Waals surface area (Å²) in [6.07, 6.45) is 0. The molecule has 0 saturated carbocycles.